The molecule has 3 rings (SSSR count). The monoisotopic (exact) mass is 352 g/mol. The molecule has 0 radical (unpaired) electrons. The van der Waals surface area contributed by atoms with Crippen LogP contribution in [0.5, 0.6) is 0 Å². The van der Waals surface area contributed by atoms with Gasteiger partial charge < -0.3 is 15.1 Å². The molecule has 1 aliphatic rings. The molecule has 1 aromatic carbocycles. The summed E-state index contributed by atoms with van der Waals surface area (Å²) in [5.74, 6) is -0.413. The highest BCUT2D eigenvalue weighted by Crippen LogP contribution is 2.15. The Morgan fingerprint density at radius 1 is 0.923 bits per heavy atom. The number of aromatic nitrogens is 1. The van der Waals surface area contributed by atoms with E-state index >= 15 is 0 Å². The Morgan fingerprint density at radius 2 is 1.62 bits per heavy atom. The summed E-state index contributed by atoms with van der Waals surface area (Å²) in [5.41, 5.74) is 1.52. The average Bonchev–Trinajstić information content (AvgIpc) is 2.67. The third-order valence-electron chi connectivity index (χ3n) is 4.17. The fourth-order valence-electron chi connectivity index (χ4n) is 2.88. The minimum atomic E-state index is -0.184. The molecule has 3 amide bonds. The summed E-state index contributed by atoms with van der Waals surface area (Å²) in [6.07, 6.45) is 1.59. The van der Waals surface area contributed by atoms with Gasteiger partial charge in [-0.2, -0.15) is 0 Å². The first kappa shape index (κ1) is 17.6. The number of anilines is 1. The molecule has 0 bridgehead atoms. The molecule has 0 aliphatic carbocycles. The Kier molecular flexibility index (Phi) is 5.26. The van der Waals surface area contributed by atoms with Gasteiger partial charge in [0.25, 0.3) is 11.8 Å². The first-order valence-electron chi connectivity index (χ1n) is 8.42. The molecule has 0 atom stereocenters. The fraction of sp³-hybridized carbons (Fsp3) is 0.263. The number of carbonyl (C=O) groups is 3. The zero-order valence-electron chi connectivity index (χ0n) is 14.5. The topological polar surface area (TPSA) is 82.6 Å². The van der Waals surface area contributed by atoms with Crippen LogP contribution in [0.2, 0.25) is 0 Å². The predicted molar refractivity (Wildman–Crippen MR) is 96.8 cm³/mol. The van der Waals surface area contributed by atoms with Crippen molar-refractivity contribution in [3.8, 4) is 0 Å². The maximum Gasteiger partial charge on any atom is 0.272 e. The number of carbonyl (C=O) groups excluding carboxylic acids is 3. The van der Waals surface area contributed by atoms with E-state index in [1.807, 2.05) is 0 Å². The molecule has 1 fully saturated rings. The molecular weight excluding hydrogens is 332 g/mol. The number of piperazine rings is 1. The molecule has 134 valence electrons. The van der Waals surface area contributed by atoms with E-state index in [9.17, 15) is 14.4 Å². The van der Waals surface area contributed by atoms with Gasteiger partial charge in [0.15, 0.2) is 0 Å². The lowest BCUT2D eigenvalue weighted by atomic mass is 10.1. The normalized spacial score (nSPS) is 14.0. The van der Waals surface area contributed by atoms with Crippen molar-refractivity contribution < 1.29 is 14.4 Å². The van der Waals surface area contributed by atoms with Crippen molar-refractivity contribution in [1.82, 2.24) is 14.8 Å². The minimum absolute atomic E-state index is 0.109. The van der Waals surface area contributed by atoms with Gasteiger partial charge in [-0.25, -0.2) is 0 Å². The van der Waals surface area contributed by atoms with Crippen molar-refractivity contribution in [2.75, 3.05) is 31.5 Å². The minimum Gasteiger partial charge on any atom is -0.335 e. The van der Waals surface area contributed by atoms with Gasteiger partial charge in [-0.3, -0.25) is 19.4 Å². The molecule has 0 spiro atoms. The molecule has 2 aromatic rings. The quantitative estimate of drug-likeness (QED) is 0.910. The fourth-order valence-corrected chi connectivity index (χ4v) is 2.88. The number of rotatable bonds is 3. The smallest absolute Gasteiger partial charge is 0.272 e. The average molecular weight is 352 g/mol. The molecule has 1 saturated heterocycles. The second-order valence-electron chi connectivity index (χ2n) is 6.06. The Hall–Kier alpha value is -3.22. The van der Waals surface area contributed by atoms with Crippen molar-refractivity contribution in [2.45, 2.75) is 6.92 Å². The zero-order valence-corrected chi connectivity index (χ0v) is 14.5. The van der Waals surface area contributed by atoms with Crippen LogP contribution in [0, 0.1) is 0 Å². The highest BCUT2D eigenvalue weighted by molar-refractivity contribution is 5.97. The van der Waals surface area contributed by atoms with Crippen LogP contribution >= 0.6 is 0 Å². The zero-order chi connectivity index (χ0) is 18.5. The van der Waals surface area contributed by atoms with Gasteiger partial charge in [-0.05, 0) is 30.3 Å². The lowest BCUT2D eigenvalue weighted by molar-refractivity contribution is -0.114. The van der Waals surface area contributed by atoms with Crippen molar-refractivity contribution in [2.24, 2.45) is 0 Å². The van der Waals surface area contributed by atoms with E-state index in [2.05, 4.69) is 10.3 Å². The number of nitrogens with zero attached hydrogens (tertiary/aromatic N) is 3. The van der Waals surface area contributed by atoms with Crippen LogP contribution in [0.3, 0.4) is 0 Å². The first-order valence-corrected chi connectivity index (χ1v) is 8.42. The molecular formula is C19H20N4O3. The predicted octanol–water partition coefficient (Wildman–Crippen LogP) is 1.64. The molecule has 2 heterocycles. The van der Waals surface area contributed by atoms with Gasteiger partial charge in [-0.1, -0.05) is 12.1 Å². The standard InChI is InChI=1S/C19H20N4O3/c1-14(24)21-16-6-4-5-15(13-16)18(25)22-9-11-23(12-10-22)19(26)17-7-2-3-8-20-17/h2-8,13H,9-12H2,1H3,(H,21,24). The third kappa shape index (κ3) is 4.05. The molecule has 1 aliphatic heterocycles. The number of benzene rings is 1. The van der Waals surface area contributed by atoms with Crippen LogP contribution in [-0.4, -0.2) is 58.7 Å². The third-order valence-corrected chi connectivity index (χ3v) is 4.17. The Balaban J connectivity index is 1.62. The lowest BCUT2D eigenvalue weighted by Crippen LogP contribution is -2.50. The number of pyridine rings is 1. The lowest BCUT2D eigenvalue weighted by Gasteiger charge is -2.34. The van der Waals surface area contributed by atoms with Crippen LogP contribution in [0.4, 0.5) is 5.69 Å². The van der Waals surface area contributed by atoms with Crippen LogP contribution < -0.4 is 5.32 Å². The van der Waals surface area contributed by atoms with Crippen LogP contribution in [0.1, 0.15) is 27.8 Å². The van der Waals surface area contributed by atoms with Crippen molar-refractivity contribution >= 4 is 23.4 Å². The van der Waals surface area contributed by atoms with Gasteiger partial charge in [0.1, 0.15) is 5.69 Å². The highest BCUT2D eigenvalue weighted by Gasteiger charge is 2.26. The molecule has 7 heteroatoms. The van der Waals surface area contributed by atoms with Gasteiger partial charge in [0.05, 0.1) is 0 Å². The Labute approximate surface area is 151 Å². The van der Waals surface area contributed by atoms with Crippen LogP contribution in [0.15, 0.2) is 48.7 Å². The maximum atomic E-state index is 12.7. The molecule has 7 nitrogen and oxygen atoms in total. The number of hydrogen-bond acceptors (Lipinski definition) is 4. The van der Waals surface area contributed by atoms with Gasteiger partial charge in [0.2, 0.25) is 5.91 Å². The van der Waals surface area contributed by atoms with Gasteiger partial charge in [-0.15, -0.1) is 0 Å². The van der Waals surface area contributed by atoms with Crippen LogP contribution in [-0.2, 0) is 4.79 Å². The SMILES string of the molecule is CC(=O)Nc1cccc(C(=O)N2CCN(C(=O)c3ccccn3)CC2)c1. The molecule has 0 saturated carbocycles. The van der Waals surface area contributed by atoms with Crippen molar-refractivity contribution in [3.63, 3.8) is 0 Å². The summed E-state index contributed by atoms with van der Waals surface area (Å²) in [7, 11) is 0. The van der Waals surface area contributed by atoms with Crippen LogP contribution in [0.25, 0.3) is 0 Å². The van der Waals surface area contributed by atoms with E-state index in [4.69, 9.17) is 0 Å². The number of hydrogen-bond donors (Lipinski definition) is 1. The summed E-state index contributed by atoms with van der Waals surface area (Å²) in [6, 6.07) is 12.1. The number of amides is 3. The van der Waals surface area contributed by atoms with E-state index in [0.717, 1.165) is 0 Å². The Morgan fingerprint density at radius 3 is 2.23 bits per heavy atom. The van der Waals surface area contributed by atoms with E-state index in [1.165, 1.54) is 6.92 Å². The summed E-state index contributed by atoms with van der Waals surface area (Å²) < 4.78 is 0. The molecule has 1 aromatic heterocycles. The molecule has 26 heavy (non-hydrogen) atoms. The summed E-state index contributed by atoms with van der Waals surface area (Å²) in [6.45, 7) is 3.27. The van der Waals surface area contributed by atoms with Gasteiger partial charge in [0, 0.05) is 50.6 Å². The van der Waals surface area contributed by atoms with E-state index in [1.54, 1.807) is 58.5 Å². The highest BCUT2D eigenvalue weighted by atomic mass is 16.2. The van der Waals surface area contributed by atoms with E-state index < -0.39 is 0 Å². The summed E-state index contributed by atoms with van der Waals surface area (Å²) in [4.78, 5) is 43.8. The largest absolute Gasteiger partial charge is 0.335 e. The van der Waals surface area contributed by atoms with Gasteiger partial charge >= 0.3 is 0 Å². The summed E-state index contributed by atoms with van der Waals surface area (Å²) >= 11 is 0. The second-order valence-corrected chi connectivity index (χ2v) is 6.06. The maximum absolute atomic E-state index is 12.7. The van der Waals surface area contributed by atoms with Crippen molar-refractivity contribution in [3.05, 3.63) is 59.9 Å². The molecule has 0 unspecified atom stereocenters. The molecule has 1 N–H and O–H groups in total. The van der Waals surface area contributed by atoms with E-state index in [0.29, 0.717) is 43.1 Å². The summed E-state index contributed by atoms with van der Waals surface area (Å²) in [5, 5.41) is 2.67. The van der Waals surface area contributed by atoms with Crippen molar-refractivity contribution in [1.29, 1.82) is 0 Å². The first-order chi connectivity index (χ1) is 12.5. The second kappa shape index (κ2) is 7.77. The number of nitrogens with one attached hydrogen (secondary N) is 1. The van der Waals surface area contributed by atoms with E-state index in [-0.39, 0.29) is 17.7 Å². The Bertz CT molecular complexity index is 815.